The molecule has 2 heteroatoms. The molecule has 2 rings (SSSR count). The number of hydrogen-bond acceptors (Lipinski definition) is 2. The average Bonchev–Trinajstić information content (AvgIpc) is 2.24. The van der Waals surface area contributed by atoms with Crippen molar-refractivity contribution in [1.29, 1.82) is 0 Å². The van der Waals surface area contributed by atoms with Gasteiger partial charge in [0.1, 0.15) is 0 Å². The lowest BCUT2D eigenvalue weighted by Crippen LogP contribution is -2.54. The van der Waals surface area contributed by atoms with E-state index in [0.29, 0.717) is 5.41 Å². The highest BCUT2D eigenvalue weighted by atomic mass is 15.1. The second-order valence-electron chi connectivity index (χ2n) is 6.45. The van der Waals surface area contributed by atoms with Gasteiger partial charge in [0.05, 0.1) is 0 Å². The number of likely N-dealkylation sites (tertiary alicyclic amines) is 1. The first-order valence-electron chi connectivity index (χ1n) is 6.96. The van der Waals surface area contributed by atoms with Crippen LogP contribution in [0, 0.1) is 17.3 Å². The number of nitrogens with one attached hydrogen (secondary N) is 1. The third-order valence-electron chi connectivity index (χ3n) is 5.17. The van der Waals surface area contributed by atoms with Crippen molar-refractivity contribution in [3.8, 4) is 0 Å². The van der Waals surface area contributed by atoms with Crippen molar-refractivity contribution in [2.45, 2.75) is 46.1 Å². The number of nitrogens with zero attached hydrogens (tertiary/aromatic N) is 1. The molecular formula is C14H28N2. The summed E-state index contributed by atoms with van der Waals surface area (Å²) in [6.45, 7) is 11.0. The van der Waals surface area contributed by atoms with E-state index in [-0.39, 0.29) is 0 Å². The second-order valence-corrected chi connectivity index (χ2v) is 6.45. The molecule has 2 saturated heterocycles. The molecule has 94 valence electrons. The molecule has 3 unspecified atom stereocenters. The summed E-state index contributed by atoms with van der Waals surface area (Å²) < 4.78 is 0. The molecule has 0 aromatic rings. The van der Waals surface area contributed by atoms with Crippen LogP contribution in [-0.4, -0.2) is 37.6 Å². The minimum Gasteiger partial charge on any atom is -0.316 e. The molecule has 0 aromatic heterocycles. The molecule has 0 bridgehead atoms. The van der Waals surface area contributed by atoms with Crippen molar-refractivity contribution in [2.75, 3.05) is 26.7 Å². The van der Waals surface area contributed by atoms with Crippen molar-refractivity contribution in [2.24, 2.45) is 17.3 Å². The molecular weight excluding hydrogens is 196 g/mol. The first kappa shape index (κ1) is 12.4. The summed E-state index contributed by atoms with van der Waals surface area (Å²) in [5.41, 5.74) is 0.644. The summed E-state index contributed by atoms with van der Waals surface area (Å²) in [5.74, 6) is 1.71. The topological polar surface area (TPSA) is 15.3 Å². The van der Waals surface area contributed by atoms with Gasteiger partial charge in [-0.15, -0.1) is 0 Å². The minimum absolute atomic E-state index is 0.644. The normalized spacial score (nSPS) is 41.8. The van der Waals surface area contributed by atoms with Gasteiger partial charge < -0.3 is 10.2 Å². The highest BCUT2D eigenvalue weighted by Crippen LogP contribution is 2.47. The number of piperidine rings is 2. The van der Waals surface area contributed by atoms with E-state index in [1.807, 2.05) is 0 Å². The van der Waals surface area contributed by atoms with Crippen molar-refractivity contribution >= 4 is 0 Å². The third kappa shape index (κ3) is 2.14. The molecule has 1 spiro atoms. The number of hydrogen-bond donors (Lipinski definition) is 1. The fraction of sp³-hybridized carbons (Fsp3) is 1.00. The highest BCUT2D eigenvalue weighted by Gasteiger charge is 2.45. The van der Waals surface area contributed by atoms with E-state index in [9.17, 15) is 0 Å². The van der Waals surface area contributed by atoms with Crippen LogP contribution < -0.4 is 5.32 Å². The Balaban J connectivity index is 2.14. The van der Waals surface area contributed by atoms with Crippen LogP contribution in [0.2, 0.25) is 0 Å². The Bertz CT molecular complexity index is 239. The fourth-order valence-electron chi connectivity index (χ4n) is 3.97. The Morgan fingerprint density at radius 3 is 2.69 bits per heavy atom. The van der Waals surface area contributed by atoms with Gasteiger partial charge in [0.2, 0.25) is 0 Å². The molecule has 0 aromatic carbocycles. The van der Waals surface area contributed by atoms with Gasteiger partial charge in [-0.1, -0.05) is 13.8 Å². The Morgan fingerprint density at radius 2 is 2.06 bits per heavy atom. The first-order valence-corrected chi connectivity index (χ1v) is 6.96. The van der Waals surface area contributed by atoms with Gasteiger partial charge in [-0.25, -0.2) is 0 Å². The van der Waals surface area contributed by atoms with E-state index in [4.69, 9.17) is 0 Å². The van der Waals surface area contributed by atoms with E-state index < -0.39 is 0 Å². The van der Waals surface area contributed by atoms with Crippen molar-refractivity contribution in [1.82, 2.24) is 10.2 Å². The standard InChI is InChI=1S/C14H28N2/c1-11(2)13-10-15-7-5-14(13)6-8-16(4)12(3)9-14/h11-13,15H,5-10H2,1-4H3. The zero-order valence-electron chi connectivity index (χ0n) is 11.4. The van der Waals surface area contributed by atoms with Gasteiger partial charge in [0.15, 0.2) is 0 Å². The molecule has 2 aliphatic rings. The lowest BCUT2D eigenvalue weighted by molar-refractivity contribution is -0.0151. The van der Waals surface area contributed by atoms with Crippen LogP contribution in [0.4, 0.5) is 0 Å². The van der Waals surface area contributed by atoms with Crippen LogP contribution in [0.15, 0.2) is 0 Å². The van der Waals surface area contributed by atoms with E-state index in [1.165, 1.54) is 38.9 Å². The van der Waals surface area contributed by atoms with Gasteiger partial charge in [0, 0.05) is 6.04 Å². The van der Waals surface area contributed by atoms with Crippen LogP contribution in [0.3, 0.4) is 0 Å². The van der Waals surface area contributed by atoms with Crippen molar-refractivity contribution in [3.05, 3.63) is 0 Å². The van der Waals surface area contributed by atoms with Gasteiger partial charge in [-0.2, -0.15) is 0 Å². The summed E-state index contributed by atoms with van der Waals surface area (Å²) in [6.07, 6.45) is 4.22. The lowest BCUT2D eigenvalue weighted by atomic mass is 9.60. The third-order valence-corrected chi connectivity index (χ3v) is 5.17. The SMILES string of the molecule is CC(C)C1CNCCC12CCN(C)C(C)C2. The Morgan fingerprint density at radius 1 is 1.31 bits per heavy atom. The van der Waals surface area contributed by atoms with E-state index in [1.54, 1.807) is 0 Å². The predicted octanol–water partition coefficient (Wildman–Crippen LogP) is 2.35. The fourth-order valence-corrected chi connectivity index (χ4v) is 3.97. The Hall–Kier alpha value is -0.0800. The lowest BCUT2D eigenvalue weighted by Gasteiger charge is -2.52. The molecule has 1 N–H and O–H groups in total. The zero-order valence-corrected chi connectivity index (χ0v) is 11.4. The molecule has 2 aliphatic heterocycles. The van der Waals surface area contributed by atoms with Crippen LogP contribution in [0.1, 0.15) is 40.0 Å². The summed E-state index contributed by atoms with van der Waals surface area (Å²) in [5, 5.41) is 3.60. The maximum absolute atomic E-state index is 3.60. The van der Waals surface area contributed by atoms with E-state index in [2.05, 4.69) is 38.0 Å². The van der Waals surface area contributed by atoms with Crippen LogP contribution in [0.5, 0.6) is 0 Å². The molecule has 2 fully saturated rings. The zero-order chi connectivity index (χ0) is 11.8. The summed E-state index contributed by atoms with van der Waals surface area (Å²) in [4.78, 5) is 2.53. The molecule has 0 aliphatic carbocycles. The van der Waals surface area contributed by atoms with E-state index >= 15 is 0 Å². The van der Waals surface area contributed by atoms with Gasteiger partial charge in [-0.3, -0.25) is 0 Å². The van der Waals surface area contributed by atoms with Crippen LogP contribution in [0.25, 0.3) is 0 Å². The van der Waals surface area contributed by atoms with Gasteiger partial charge in [-0.05, 0) is 70.1 Å². The predicted molar refractivity (Wildman–Crippen MR) is 69.6 cm³/mol. The van der Waals surface area contributed by atoms with Crippen molar-refractivity contribution in [3.63, 3.8) is 0 Å². The van der Waals surface area contributed by atoms with Gasteiger partial charge in [0.25, 0.3) is 0 Å². The first-order chi connectivity index (χ1) is 7.55. The molecule has 3 atom stereocenters. The van der Waals surface area contributed by atoms with Crippen LogP contribution >= 0.6 is 0 Å². The highest BCUT2D eigenvalue weighted by molar-refractivity contribution is 4.98. The molecule has 0 radical (unpaired) electrons. The average molecular weight is 224 g/mol. The van der Waals surface area contributed by atoms with Crippen molar-refractivity contribution < 1.29 is 0 Å². The molecule has 2 nitrogen and oxygen atoms in total. The monoisotopic (exact) mass is 224 g/mol. The minimum atomic E-state index is 0.644. The maximum Gasteiger partial charge on any atom is 0.00693 e. The van der Waals surface area contributed by atoms with E-state index in [0.717, 1.165) is 17.9 Å². The summed E-state index contributed by atoms with van der Waals surface area (Å²) in [6, 6.07) is 0.771. The molecule has 16 heavy (non-hydrogen) atoms. The second kappa shape index (κ2) is 4.66. The smallest absolute Gasteiger partial charge is 0.00693 e. The molecule has 0 amide bonds. The van der Waals surface area contributed by atoms with Gasteiger partial charge >= 0.3 is 0 Å². The Kier molecular flexibility index (Phi) is 3.60. The number of rotatable bonds is 1. The molecule has 2 heterocycles. The quantitative estimate of drug-likeness (QED) is 0.735. The summed E-state index contributed by atoms with van der Waals surface area (Å²) in [7, 11) is 2.28. The maximum atomic E-state index is 3.60. The largest absolute Gasteiger partial charge is 0.316 e. The Labute approximate surface area is 101 Å². The molecule has 0 saturated carbocycles. The summed E-state index contributed by atoms with van der Waals surface area (Å²) >= 11 is 0. The van der Waals surface area contributed by atoms with Crippen LogP contribution in [-0.2, 0) is 0 Å².